The molecule has 0 aromatic heterocycles. The van der Waals surface area contributed by atoms with Crippen LogP contribution < -0.4 is 0 Å². The summed E-state index contributed by atoms with van der Waals surface area (Å²) in [5.74, 6) is 2.01. The van der Waals surface area contributed by atoms with Crippen molar-refractivity contribution in [1.82, 2.24) is 0 Å². The molecule has 1 aliphatic carbocycles. The SMILES string of the molecule is CCC1CCC(CC(=O)OC(C)(C)C)C1C. The molecule has 0 bridgehead atoms. The van der Waals surface area contributed by atoms with E-state index >= 15 is 0 Å². The average molecular weight is 226 g/mol. The van der Waals surface area contributed by atoms with Crippen molar-refractivity contribution < 1.29 is 9.53 Å². The third kappa shape index (κ3) is 3.80. The van der Waals surface area contributed by atoms with E-state index in [1.54, 1.807) is 0 Å². The van der Waals surface area contributed by atoms with Gasteiger partial charge in [0, 0.05) is 6.42 Å². The van der Waals surface area contributed by atoms with Crippen molar-refractivity contribution >= 4 is 5.97 Å². The summed E-state index contributed by atoms with van der Waals surface area (Å²) in [7, 11) is 0. The molecule has 3 unspecified atom stereocenters. The summed E-state index contributed by atoms with van der Waals surface area (Å²) in [4.78, 5) is 11.7. The molecule has 2 nitrogen and oxygen atoms in total. The van der Waals surface area contributed by atoms with E-state index < -0.39 is 0 Å². The Morgan fingerprint density at radius 1 is 1.25 bits per heavy atom. The summed E-state index contributed by atoms with van der Waals surface area (Å²) in [5.41, 5.74) is -0.344. The molecule has 1 fully saturated rings. The molecule has 0 aromatic rings. The highest BCUT2D eigenvalue weighted by Gasteiger charge is 2.33. The van der Waals surface area contributed by atoms with E-state index in [1.807, 2.05) is 20.8 Å². The quantitative estimate of drug-likeness (QED) is 0.684. The number of ether oxygens (including phenoxy) is 1. The first-order chi connectivity index (χ1) is 7.33. The van der Waals surface area contributed by atoms with Crippen molar-refractivity contribution in [2.75, 3.05) is 0 Å². The first-order valence-corrected chi connectivity index (χ1v) is 6.55. The number of rotatable bonds is 3. The lowest BCUT2D eigenvalue weighted by atomic mass is 9.88. The zero-order valence-electron chi connectivity index (χ0n) is 11.4. The first kappa shape index (κ1) is 13.5. The van der Waals surface area contributed by atoms with Gasteiger partial charge in [-0.1, -0.05) is 20.3 Å². The van der Waals surface area contributed by atoms with Crippen LogP contribution in [0.15, 0.2) is 0 Å². The third-order valence-corrected chi connectivity index (χ3v) is 3.77. The van der Waals surface area contributed by atoms with E-state index in [4.69, 9.17) is 4.74 Å². The fraction of sp³-hybridized carbons (Fsp3) is 0.929. The summed E-state index contributed by atoms with van der Waals surface area (Å²) in [6.07, 6.45) is 4.32. The monoisotopic (exact) mass is 226 g/mol. The maximum Gasteiger partial charge on any atom is 0.306 e. The van der Waals surface area contributed by atoms with E-state index in [2.05, 4.69) is 13.8 Å². The van der Waals surface area contributed by atoms with Crippen molar-refractivity contribution in [2.24, 2.45) is 17.8 Å². The van der Waals surface area contributed by atoms with Crippen molar-refractivity contribution in [3.8, 4) is 0 Å². The molecule has 0 heterocycles. The number of carbonyl (C=O) groups is 1. The van der Waals surface area contributed by atoms with Gasteiger partial charge in [0.05, 0.1) is 0 Å². The fourth-order valence-corrected chi connectivity index (χ4v) is 2.80. The van der Waals surface area contributed by atoms with Gasteiger partial charge in [0.2, 0.25) is 0 Å². The molecule has 2 heteroatoms. The average Bonchev–Trinajstić information content (AvgIpc) is 2.44. The van der Waals surface area contributed by atoms with Gasteiger partial charge in [-0.05, 0) is 51.4 Å². The maximum atomic E-state index is 11.7. The van der Waals surface area contributed by atoms with Crippen LogP contribution in [0.1, 0.15) is 60.3 Å². The lowest BCUT2D eigenvalue weighted by Gasteiger charge is -2.23. The molecule has 0 saturated heterocycles. The van der Waals surface area contributed by atoms with Crippen LogP contribution in [0.25, 0.3) is 0 Å². The summed E-state index contributed by atoms with van der Waals surface area (Å²) >= 11 is 0. The molecule has 1 aliphatic rings. The van der Waals surface area contributed by atoms with Crippen molar-refractivity contribution in [3.63, 3.8) is 0 Å². The smallest absolute Gasteiger partial charge is 0.306 e. The minimum Gasteiger partial charge on any atom is -0.460 e. The Bertz CT molecular complexity index is 240. The Labute approximate surface area is 99.8 Å². The lowest BCUT2D eigenvalue weighted by Crippen LogP contribution is -2.26. The van der Waals surface area contributed by atoms with Gasteiger partial charge in [-0.25, -0.2) is 0 Å². The van der Waals surface area contributed by atoms with Crippen LogP contribution in [-0.4, -0.2) is 11.6 Å². The topological polar surface area (TPSA) is 26.3 Å². The summed E-state index contributed by atoms with van der Waals surface area (Å²) in [6, 6.07) is 0. The van der Waals surface area contributed by atoms with Crippen LogP contribution in [0.4, 0.5) is 0 Å². The molecule has 0 radical (unpaired) electrons. The predicted molar refractivity (Wildman–Crippen MR) is 66.1 cm³/mol. The van der Waals surface area contributed by atoms with E-state index in [0.717, 1.165) is 5.92 Å². The number of hydrogen-bond donors (Lipinski definition) is 0. The molecule has 16 heavy (non-hydrogen) atoms. The molecule has 1 rings (SSSR count). The first-order valence-electron chi connectivity index (χ1n) is 6.55. The molecule has 1 saturated carbocycles. The van der Waals surface area contributed by atoms with Gasteiger partial charge in [0.15, 0.2) is 0 Å². The molecule has 0 amide bonds. The molecule has 0 N–H and O–H groups in total. The highest BCUT2D eigenvalue weighted by molar-refractivity contribution is 5.70. The minimum atomic E-state index is -0.344. The highest BCUT2D eigenvalue weighted by Crippen LogP contribution is 2.40. The fourth-order valence-electron chi connectivity index (χ4n) is 2.80. The van der Waals surface area contributed by atoms with Crippen molar-refractivity contribution in [2.45, 2.75) is 65.9 Å². The number of carbonyl (C=O) groups excluding carboxylic acids is 1. The zero-order valence-corrected chi connectivity index (χ0v) is 11.4. The highest BCUT2D eigenvalue weighted by atomic mass is 16.6. The van der Waals surface area contributed by atoms with Gasteiger partial charge in [0.1, 0.15) is 5.60 Å². The maximum absolute atomic E-state index is 11.7. The molecule has 3 atom stereocenters. The van der Waals surface area contributed by atoms with Gasteiger partial charge >= 0.3 is 5.97 Å². The Balaban J connectivity index is 2.41. The predicted octanol–water partition coefficient (Wildman–Crippen LogP) is 3.79. The summed E-state index contributed by atoms with van der Waals surface area (Å²) < 4.78 is 5.38. The molecular formula is C14H26O2. The minimum absolute atomic E-state index is 0.0268. The van der Waals surface area contributed by atoms with E-state index in [1.165, 1.54) is 19.3 Å². The van der Waals surface area contributed by atoms with E-state index in [0.29, 0.717) is 18.3 Å². The zero-order chi connectivity index (χ0) is 12.3. The molecule has 94 valence electrons. The van der Waals surface area contributed by atoms with Crippen LogP contribution in [0.3, 0.4) is 0 Å². The number of hydrogen-bond acceptors (Lipinski definition) is 2. The normalized spacial score (nSPS) is 30.4. The third-order valence-electron chi connectivity index (χ3n) is 3.77. The van der Waals surface area contributed by atoms with Gasteiger partial charge in [-0.15, -0.1) is 0 Å². The van der Waals surface area contributed by atoms with Gasteiger partial charge in [-0.3, -0.25) is 4.79 Å². The van der Waals surface area contributed by atoms with Gasteiger partial charge < -0.3 is 4.74 Å². The van der Waals surface area contributed by atoms with Gasteiger partial charge in [-0.2, -0.15) is 0 Å². The van der Waals surface area contributed by atoms with Crippen LogP contribution >= 0.6 is 0 Å². The Hall–Kier alpha value is -0.530. The van der Waals surface area contributed by atoms with Crippen LogP contribution in [0.5, 0.6) is 0 Å². The van der Waals surface area contributed by atoms with Crippen molar-refractivity contribution in [3.05, 3.63) is 0 Å². The second-order valence-electron chi connectivity index (χ2n) is 6.16. The Morgan fingerprint density at radius 3 is 2.25 bits per heavy atom. The standard InChI is InChI=1S/C14H26O2/c1-6-11-7-8-12(10(11)2)9-13(15)16-14(3,4)5/h10-12H,6-9H2,1-5H3. The second-order valence-corrected chi connectivity index (χ2v) is 6.16. The van der Waals surface area contributed by atoms with Gasteiger partial charge in [0.25, 0.3) is 0 Å². The van der Waals surface area contributed by atoms with Crippen LogP contribution in [-0.2, 0) is 9.53 Å². The Morgan fingerprint density at radius 2 is 1.81 bits per heavy atom. The second kappa shape index (κ2) is 5.20. The van der Waals surface area contributed by atoms with Crippen LogP contribution in [0, 0.1) is 17.8 Å². The molecule has 0 aliphatic heterocycles. The number of esters is 1. The molecular weight excluding hydrogens is 200 g/mol. The van der Waals surface area contributed by atoms with Crippen LogP contribution in [0.2, 0.25) is 0 Å². The Kier molecular flexibility index (Phi) is 4.40. The van der Waals surface area contributed by atoms with E-state index in [9.17, 15) is 4.79 Å². The lowest BCUT2D eigenvalue weighted by molar-refractivity contribution is -0.156. The molecule has 0 spiro atoms. The largest absolute Gasteiger partial charge is 0.460 e. The summed E-state index contributed by atoms with van der Waals surface area (Å²) in [5, 5.41) is 0. The van der Waals surface area contributed by atoms with Crippen molar-refractivity contribution in [1.29, 1.82) is 0 Å². The summed E-state index contributed by atoms with van der Waals surface area (Å²) in [6.45, 7) is 10.3. The van der Waals surface area contributed by atoms with E-state index in [-0.39, 0.29) is 11.6 Å². The molecule has 0 aromatic carbocycles.